The molecule has 0 atom stereocenters. The van der Waals surface area contributed by atoms with Gasteiger partial charge in [-0.05, 0) is 48.9 Å². The number of benzene rings is 3. The average molecular weight is 499 g/mol. The molecule has 0 heterocycles. The van der Waals surface area contributed by atoms with E-state index in [0.29, 0.717) is 5.56 Å². The summed E-state index contributed by atoms with van der Waals surface area (Å²) in [5.74, 6) is -0.328. The summed E-state index contributed by atoms with van der Waals surface area (Å²) in [7, 11) is -3.81. The fraction of sp³-hybridized carbons (Fsp3) is 0.0435. The molecule has 0 radical (unpaired) electrons. The van der Waals surface area contributed by atoms with Gasteiger partial charge in [-0.15, -0.1) is 0 Å². The van der Waals surface area contributed by atoms with Crippen molar-refractivity contribution >= 4 is 44.2 Å². The number of ether oxygens (including phenoxy) is 1. The molecule has 0 aromatic heterocycles. The summed E-state index contributed by atoms with van der Waals surface area (Å²) in [5, 5.41) is 3.82. The minimum absolute atomic E-state index is 0.0993. The Bertz CT molecular complexity index is 1220. The van der Waals surface area contributed by atoms with Gasteiger partial charge >= 0.3 is 5.97 Å². The lowest BCUT2D eigenvalue weighted by Crippen LogP contribution is -2.18. The Morgan fingerprint density at radius 1 is 1.03 bits per heavy atom. The first kappa shape index (κ1) is 22.5. The summed E-state index contributed by atoms with van der Waals surface area (Å²) in [6, 6.07) is 20.7. The molecule has 0 saturated heterocycles. The third-order valence-corrected chi connectivity index (χ3v) is 5.83. The molecule has 0 aliphatic heterocycles. The lowest BCUT2D eigenvalue weighted by molar-refractivity contribution is -0.128. The molecule has 0 aliphatic carbocycles. The first-order valence-electron chi connectivity index (χ1n) is 9.19. The van der Waals surface area contributed by atoms with Gasteiger partial charge in [-0.25, -0.2) is 9.63 Å². The molecule has 0 fully saturated rings. The van der Waals surface area contributed by atoms with Crippen LogP contribution in [0, 0.1) is 6.92 Å². The third kappa shape index (κ3) is 6.63. The number of rotatable bonds is 7. The van der Waals surface area contributed by atoms with Gasteiger partial charge in [-0.1, -0.05) is 64.0 Å². The maximum absolute atomic E-state index is 12.4. The highest BCUT2D eigenvalue weighted by Gasteiger charge is 2.12. The number of hydrazone groups is 1. The largest absolute Gasteiger partial charge is 0.423 e. The van der Waals surface area contributed by atoms with Crippen LogP contribution in [0.3, 0.4) is 0 Å². The van der Waals surface area contributed by atoms with Crippen molar-refractivity contribution in [2.75, 3.05) is 0 Å². The fourth-order valence-electron chi connectivity index (χ4n) is 2.52. The van der Waals surface area contributed by atoms with E-state index in [1.807, 2.05) is 37.3 Å². The van der Waals surface area contributed by atoms with E-state index in [-0.39, 0.29) is 10.6 Å². The molecule has 3 aromatic rings. The van der Waals surface area contributed by atoms with E-state index in [2.05, 4.69) is 25.9 Å². The van der Waals surface area contributed by atoms with Crippen LogP contribution in [0.25, 0.3) is 6.08 Å². The van der Waals surface area contributed by atoms with Crippen molar-refractivity contribution in [3.05, 3.63) is 100 Å². The van der Waals surface area contributed by atoms with Crippen LogP contribution in [-0.2, 0) is 14.8 Å². The molecule has 3 aromatic carbocycles. The Kier molecular flexibility index (Phi) is 7.38. The molecule has 3 rings (SSSR count). The Labute approximate surface area is 189 Å². The van der Waals surface area contributed by atoms with E-state index in [9.17, 15) is 13.2 Å². The number of halogens is 1. The Morgan fingerprint density at radius 3 is 2.45 bits per heavy atom. The average Bonchev–Trinajstić information content (AvgIpc) is 2.75. The molecule has 6 nitrogen and oxygen atoms in total. The van der Waals surface area contributed by atoms with Crippen molar-refractivity contribution < 1.29 is 17.9 Å². The number of esters is 1. The number of carbonyl (C=O) groups is 1. The van der Waals surface area contributed by atoms with Gasteiger partial charge in [0.05, 0.1) is 11.1 Å². The Balaban J connectivity index is 1.73. The van der Waals surface area contributed by atoms with Crippen LogP contribution in [0.15, 0.2) is 93.3 Å². The second-order valence-corrected chi connectivity index (χ2v) is 9.09. The van der Waals surface area contributed by atoms with Gasteiger partial charge in [0.25, 0.3) is 10.0 Å². The standard InChI is InChI=1S/C23H19BrN2O4S/c1-17-7-11-21(12-8-17)31(28,29)26-25-16-19-15-20(24)10-13-22(19)30-23(27)14-9-18-5-3-2-4-6-18/h2-16,26H,1H3/b14-9+,25-16-. The van der Waals surface area contributed by atoms with Gasteiger partial charge in [0.2, 0.25) is 0 Å². The smallest absolute Gasteiger partial charge is 0.336 e. The summed E-state index contributed by atoms with van der Waals surface area (Å²) >= 11 is 3.34. The molecule has 31 heavy (non-hydrogen) atoms. The van der Waals surface area contributed by atoms with Crippen molar-refractivity contribution in [1.29, 1.82) is 0 Å². The van der Waals surface area contributed by atoms with E-state index in [4.69, 9.17) is 4.74 Å². The second kappa shape index (κ2) is 10.2. The van der Waals surface area contributed by atoms with Crippen LogP contribution in [-0.4, -0.2) is 20.6 Å². The van der Waals surface area contributed by atoms with E-state index >= 15 is 0 Å². The predicted molar refractivity (Wildman–Crippen MR) is 124 cm³/mol. The molecular formula is C23H19BrN2O4S. The zero-order valence-electron chi connectivity index (χ0n) is 16.5. The van der Waals surface area contributed by atoms with Crippen LogP contribution < -0.4 is 9.57 Å². The number of sulfonamides is 1. The van der Waals surface area contributed by atoms with Gasteiger partial charge in [-0.3, -0.25) is 0 Å². The summed E-state index contributed by atoms with van der Waals surface area (Å²) in [6.07, 6.45) is 4.24. The van der Waals surface area contributed by atoms with Gasteiger partial charge in [0.15, 0.2) is 0 Å². The SMILES string of the molecule is Cc1ccc(S(=O)(=O)N/N=C\c2cc(Br)ccc2OC(=O)/C=C/c2ccccc2)cc1. The minimum atomic E-state index is -3.81. The number of carbonyl (C=O) groups excluding carboxylic acids is 1. The molecule has 0 spiro atoms. The molecule has 0 unspecified atom stereocenters. The number of nitrogens with one attached hydrogen (secondary N) is 1. The number of aryl methyl sites for hydroxylation is 1. The molecule has 0 aliphatic rings. The zero-order chi connectivity index (χ0) is 22.3. The Morgan fingerprint density at radius 2 is 1.74 bits per heavy atom. The first-order valence-corrected chi connectivity index (χ1v) is 11.5. The molecule has 0 bridgehead atoms. The monoisotopic (exact) mass is 498 g/mol. The number of hydrogen-bond donors (Lipinski definition) is 1. The highest BCUT2D eigenvalue weighted by molar-refractivity contribution is 9.10. The van der Waals surface area contributed by atoms with Crippen molar-refractivity contribution in [3.63, 3.8) is 0 Å². The van der Waals surface area contributed by atoms with Crippen molar-refractivity contribution in [3.8, 4) is 5.75 Å². The molecular weight excluding hydrogens is 480 g/mol. The summed E-state index contributed by atoms with van der Waals surface area (Å²) in [4.78, 5) is 14.5. The topological polar surface area (TPSA) is 84.8 Å². The van der Waals surface area contributed by atoms with Gasteiger partial charge in [0, 0.05) is 16.1 Å². The fourth-order valence-corrected chi connectivity index (χ4v) is 3.69. The molecule has 0 saturated carbocycles. The van der Waals surface area contributed by atoms with Gasteiger partial charge in [-0.2, -0.15) is 13.5 Å². The number of nitrogens with zero attached hydrogens (tertiary/aromatic N) is 1. The van der Waals surface area contributed by atoms with E-state index in [1.165, 1.54) is 24.4 Å². The summed E-state index contributed by atoms with van der Waals surface area (Å²) < 4.78 is 30.8. The van der Waals surface area contributed by atoms with Crippen LogP contribution in [0.4, 0.5) is 0 Å². The maximum Gasteiger partial charge on any atom is 0.336 e. The van der Waals surface area contributed by atoms with Crippen molar-refractivity contribution in [1.82, 2.24) is 4.83 Å². The molecule has 1 N–H and O–H groups in total. The zero-order valence-corrected chi connectivity index (χ0v) is 18.9. The lowest BCUT2D eigenvalue weighted by Gasteiger charge is -2.07. The molecule has 158 valence electrons. The quantitative estimate of drug-likeness (QED) is 0.168. The summed E-state index contributed by atoms with van der Waals surface area (Å²) in [6.45, 7) is 1.87. The normalized spacial score (nSPS) is 11.7. The van der Waals surface area contributed by atoms with E-state index < -0.39 is 16.0 Å². The van der Waals surface area contributed by atoms with E-state index in [0.717, 1.165) is 15.6 Å². The molecule has 0 amide bonds. The van der Waals surface area contributed by atoms with Crippen LogP contribution in [0.5, 0.6) is 5.75 Å². The summed E-state index contributed by atoms with van der Waals surface area (Å²) in [5.41, 5.74) is 2.23. The second-order valence-electron chi connectivity index (χ2n) is 6.51. The number of hydrogen-bond acceptors (Lipinski definition) is 5. The maximum atomic E-state index is 12.4. The molecule has 8 heteroatoms. The third-order valence-electron chi connectivity index (χ3n) is 4.10. The van der Waals surface area contributed by atoms with E-state index in [1.54, 1.807) is 36.4 Å². The highest BCUT2D eigenvalue weighted by Crippen LogP contribution is 2.22. The highest BCUT2D eigenvalue weighted by atomic mass is 79.9. The van der Waals surface area contributed by atoms with Crippen molar-refractivity contribution in [2.24, 2.45) is 5.10 Å². The minimum Gasteiger partial charge on any atom is -0.423 e. The van der Waals surface area contributed by atoms with Crippen LogP contribution in [0.2, 0.25) is 0 Å². The van der Waals surface area contributed by atoms with Crippen LogP contribution in [0.1, 0.15) is 16.7 Å². The van der Waals surface area contributed by atoms with Gasteiger partial charge < -0.3 is 4.74 Å². The lowest BCUT2D eigenvalue weighted by atomic mass is 10.2. The predicted octanol–water partition coefficient (Wildman–Crippen LogP) is 4.69. The Hall–Kier alpha value is -3.23. The van der Waals surface area contributed by atoms with Gasteiger partial charge in [0.1, 0.15) is 5.75 Å². The first-order chi connectivity index (χ1) is 14.8. The van der Waals surface area contributed by atoms with Crippen LogP contribution >= 0.6 is 15.9 Å². The van der Waals surface area contributed by atoms with Crippen molar-refractivity contribution in [2.45, 2.75) is 11.8 Å².